The summed E-state index contributed by atoms with van der Waals surface area (Å²) in [4.78, 5) is 14.3. The number of carbonyl (C=O) groups is 1. The Morgan fingerprint density at radius 1 is 1.16 bits per heavy atom. The normalized spacial score (nSPS) is 32.4. The van der Waals surface area contributed by atoms with E-state index < -0.39 is 5.60 Å². The van der Waals surface area contributed by atoms with Crippen molar-refractivity contribution in [2.75, 3.05) is 6.54 Å². The van der Waals surface area contributed by atoms with Crippen molar-refractivity contribution in [2.24, 2.45) is 5.92 Å². The van der Waals surface area contributed by atoms with Crippen LogP contribution >= 0.6 is 12.6 Å². The Kier molecular flexibility index (Phi) is 4.70. The Bertz CT molecular complexity index is 327. The van der Waals surface area contributed by atoms with Crippen LogP contribution in [0.15, 0.2) is 0 Å². The topological polar surface area (TPSA) is 29.5 Å². The van der Waals surface area contributed by atoms with E-state index in [1.807, 2.05) is 25.7 Å². The highest BCUT2D eigenvalue weighted by Crippen LogP contribution is 2.37. The summed E-state index contributed by atoms with van der Waals surface area (Å²) < 4.78 is 5.54. The summed E-state index contributed by atoms with van der Waals surface area (Å²) in [5.41, 5.74) is -0.406. The molecule has 0 aromatic carbocycles. The van der Waals surface area contributed by atoms with E-state index in [1.165, 1.54) is 25.7 Å². The van der Waals surface area contributed by atoms with Crippen LogP contribution in [-0.2, 0) is 4.74 Å². The lowest BCUT2D eigenvalue weighted by molar-refractivity contribution is 0.0161. The van der Waals surface area contributed by atoms with Crippen LogP contribution in [0.3, 0.4) is 0 Å². The first-order chi connectivity index (χ1) is 8.88. The van der Waals surface area contributed by atoms with E-state index in [2.05, 4.69) is 0 Å². The standard InChI is InChI=1S/C15H27NO2S/c1-15(2,3)18-14(17)16-10-6-8-12(16)11-7-4-5-9-13(11)19/h11-13,19H,4-10H2,1-3H3. The second kappa shape index (κ2) is 5.94. The molecule has 19 heavy (non-hydrogen) atoms. The summed E-state index contributed by atoms with van der Waals surface area (Å²) in [6, 6.07) is 0.345. The molecule has 1 aliphatic heterocycles. The predicted molar refractivity (Wildman–Crippen MR) is 80.7 cm³/mol. The van der Waals surface area contributed by atoms with Crippen LogP contribution in [0, 0.1) is 5.92 Å². The van der Waals surface area contributed by atoms with E-state index in [1.54, 1.807) is 0 Å². The summed E-state index contributed by atoms with van der Waals surface area (Å²) >= 11 is 4.75. The fraction of sp³-hybridized carbons (Fsp3) is 0.933. The molecule has 1 saturated carbocycles. The predicted octanol–water partition coefficient (Wildman–Crippen LogP) is 3.87. The Hall–Kier alpha value is -0.380. The van der Waals surface area contributed by atoms with Crippen LogP contribution < -0.4 is 0 Å². The van der Waals surface area contributed by atoms with Crippen molar-refractivity contribution in [3.8, 4) is 0 Å². The molecule has 1 saturated heterocycles. The minimum atomic E-state index is -0.406. The molecule has 3 atom stereocenters. The SMILES string of the molecule is CC(C)(C)OC(=O)N1CCCC1C1CCCCC1S. The van der Waals surface area contributed by atoms with Gasteiger partial charge in [0.05, 0.1) is 0 Å². The molecule has 0 bridgehead atoms. The number of carbonyl (C=O) groups excluding carboxylic acids is 1. The van der Waals surface area contributed by atoms with E-state index in [-0.39, 0.29) is 6.09 Å². The molecule has 2 fully saturated rings. The van der Waals surface area contributed by atoms with E-state index in [9.17, 15) is 4.79 Å². The molecule has 4 heteroatoms. The van der Waals surface area contributed by atoms with Gasteiger partial charge in [0, 0.05) is 17.8 Å². The molecular weight excluding hydrogens is 258 g/mol. The molecule has 0 spiro atoms. The van der Waals surface area contributed by atoms with Crippen molar-refractivity contribution >= 4 is 18.7 Å². The zero-order chi connectivity index (χ0) is 14.0. The van der Waals surface area contributed by atoms with Crippen LogP contribution in [0.4, 0.5) is 4.79 Å². The maximum absolute atomic E-state index is 12.3. The summed E-state index contributed by atoms with van der Waals surface area (Å²) in [6.45, 7) is 6.63. The van der Waals surface area contributed by atoms with Crippen LogP contribution in [-0.4, -0.2) is 34.4 Å². The molecule has 0 radical (unpaired) electrons. The van der Waals surface area contributed by atoms with Gasteiger partial charge in [0.15, 0.2) is 0 Å². The van der Waals surface area contributed by atoms with Gasteiger partial charge >= 0.3 is 6.09 Å². The number of rotatable bonds is 1. The Morgan fingerprint density at radius 2 is 1.84 bits per heavy atom. The van der Waals surface area contributed by atoms with Gasteiger partial charge in [-0.3, -0.25) is 0 Å². The second-order valence-electron chi connectivity index (χ2n) is 6.90. The monoisotopic (exact) mass is 285 g/mol. The van der Waals surface area contributed by atoms with Crippen LogP contribution in [0.2, 0.25) is 0 Å². The highest BCUT2D eigenvalue weighted by molar-refractivity contribution is 7.81. The maximum atomic E-state index is 12.3. The number of thiol groups is 1. The van der Waals surface area contributed by atoms with Gasteiger partial charge in [-0.1, -0.05) is 12.8 Å². The van der Waals surface area contributed by atoms with Crippen molar-refractivity contribution in [1.82, 2.24) is 4.90 Å². The smallest absolute Gasteiger partial charge is 0.410 e. The third-order valence-corrected chi connectivity index (χ3v) is 4.84. The fourth-order valence-electron chi connectivity index (χ4n) is 3.37. The quantitative estimate of drug-likeness (QED) is 0.741. The van der Waals surface area contributed by atoms with Gasteiger partial charge in [-0.25, -0.2) is 4.79 Å². The number of hydrogen-bond donors (Lipinski definition) is 1. The Balaban J connectivity index is 2.01. The molecule has 3 nitrogen and oxygen atoms in total. The summed E-state index contributed by atoms with van der Waals surface area (Å²) in [5, 5.41) is 0.446. The van der Waals surface area contributed by atoms with Gasteiger partial charge in [-0.15, -0.1) is 0 Å². The first kappa shape index (κ1) is 15.0. The molecule has 0 aromatic heterocycles. The molecule has 110 valence electrons. The second-order valence-corrected chi connectivity index (χ2v) is 7.56. The lowest BCUT2D eigenvalue weighted by Gasteiger charge is -2.38. The van der Waals surface area contributed by atoms with Crippen LogP contribution in [0.1, 0.15) is 59.3 Å². The van der Waals surface area contributed by atoms with Gasteiger partial charge in [0.25, 0.3) is 0 Å². The van der Waals surface area contributed by atoms with Gasteiger partial charge in [-0.2, -0.15) is 12.6 Å². The Morgan fingerprint density at radius 3 is 2.47 bits per heavy atom. The molecule has 1 heterocycles. The number of likely N-dealkylation sites (tertiary alicyclic amines) is 1. The first-order valence-electron chi connectivity index (χ1n) is 7.56. The minimum Gasteiger partial charge on any atom is -0.444 e. The number of hydrogen-bond acceptors (Lipinski definition) is 3. The molecule has 0 N–H and O–H groups in total. The zero-order valence-corrected chi connectivity index (χ0v) is 13.3. The molecule has 1 aliphatic carbocycles. The van der Waals surface area contributed by atoms with Crippen molar-refractivity contribution < 1.29 is 9.53 Å². The lowest BCUT2D eigenvalue weighted by Crippen LogP contribution is -2.45. The minimum absolute atomic E-state index is 0.138. The molecule has 0 aromatic rings. The van der Waals surface area contributed by atoms with Gasteiger partial charge in [-0.05, 0) is 52.4 Å². The van der Waals surface area contributed by atoms with E-state index in [0.29, 0.717) is 17.2 Å². The zero-order valence-electron chi connectivity index (χ0n) is 12.4. The molecule has 2 rings (SSSR count). The van der Waals surface area contributed by atoms with Gasteiger partial charge < -0.3 is 9.64 Å². The van der Waals surface area contributed by atoms with E-state index in [0.717, 1.165) is 19.4 Å². The number of nitrogens with zero attached hydrogens (tertiary/aromatic N) is 1. The largest absolute Gasteiger partial charge is 0.444 e. The van der Waals surface area contributed by atoms with Crippen molar-refractivity contribution in [1.29, 1.82) is 0 Å². The van der Waals surface area contributed by atoms with E-state index in [4.69, 9.17) is 17.4 Å². The molecule has 1 amide bonds. The lowest BCUT2D eigenvalue weighted by atomic mass is 9.82. The summed E-state index contributed by atoms with van der Waals surface area (Å²) in [6.07, 6.45) is 7.03. The number of ether oxygens (including phenoxy) is 1. The highest BCUT2D eigenvalue weighted by Gasteiger charge is 2.39. The summed E-state index contributed by atoms with van der Waals surface area (Å²) in [7, 11) is 0. The molecule has 2 aliphatic rings. The van der Waals surface area contributed by atoms with Crippen LogP contribution in [0.5, 0.6) is 0 Å². The average Bonchev–Trinajstić information content (AvgIpc) is 2.76. The van der Waals surface area contributed by atoms with Gasteiger partial charge in [0.2, 0.25) is 0 Å². The number of amides is 1. The first-order valence-corrected chi connectivity index (χ1v) is 8.08. The average molecular weight is 285 g/mol. The Labute approximate surface area is 122 Å². The summed E-state index contributed by atoms with van der Waals surface area (Å²) in [5.74, 6) is 0.548. The van der Waals surface area contributed by atoms with Crippen LogP contribution in [0.25, 0.3) is 0 Å². The van der Waals surface area contributed by atoms with Gasteiger partial charge in [0.1, 0.15) is 5.60 Å². The highest BCUT2D eigenvalue weighted by atomic mass is 32.1. The molecule has 3 unspecified atom stereocenters. The van der Waals surface area contributed by atoms with Crippen molar-refractivity contribution in [2.45, 2.75) is 76.2 Å². The fourth-order valence-corrected chi connectivity index (χ4v) is 3.90. The van der Waals surface area contributed by atoms with E-state index >= 15 is 0 Å². The van der Waals surface area contributed by atoms with Crippen molar-refractivity contribution in [3.05, 3.63) is 0 Å². The third kappa shape index (κ3) is 3.80. The maximum Gasteiger partial charge on any atom is 0.410 e. The third-order valence-electron chi connectivity index (χ3n) is 4.20. The van der Waals surface area contributed by atoms with Crippen molar-refractivity contribution in [3.63, 3.8) is 0 Å². The molecular formula is C15H27NO2S.